The Morgan fingerprint density at radius 1 is 1.13 bits per heavy atom. The SMILES string of the molecule is COC(=O)C1CC2=CC(=O)CC[C@]2(C)C2CC[C@@]3(C)C(C4CC4[C@@]34CCC(=O)O4)C12. The van der Waals surface area contributed by atoms with Gasteiger partial charge in [-0.05, 0) is 73.7 Å². The lowest BCUT2D eigenvalue weighted by Crippen LogP contribution is -2.59. The summed E-state index contributed by atoms with van der Waals surface area (Å²) in [7, 11) is 1.49. The molecule has 0 aromatic carbocycles. The third kappa shape index (κ3) is 2.07. The van der Waals surface area contributed by atoms with Crippen molar-refractivity contribution in [1.29, 1.82) is 0 Å². The molecule has 4 saturated carbocycles. The number of allylic oxidation sites excluding steroid dienone is 1. The molecule has 1 saturated heterocycles. The Kier molecular flexibility index (Phi) is 3.67. The number of carbonyl (C=O) groups excluding carboxylic acids is 3. The normalized spacial score (nSPS) is 53.2. The fourth-order valence-corrected chi connectivity index (χ4v) is 9.30. The molecular weight excluding hydrogens is 380 g/mol. The number of rotatable bonds is 1. The highest BCUT2D eigenvalue weighted by Gasteiger charge is 2.80. The molecule has 6 rings (SSSR count). The Labute approximate surface area is 177 Å². The summed E-state index contributed by atoms with van der Waals surface area (Å²) in [6.07, 6.45) is 8.58. The van der Waals surface area contributed by atoms with Crippen molar-refractivity contribution in [2.24, 2.45) is 46.3 Å². The van der Waals surface area contributed by atoms with Crippen LogP contribution in [0.15, 0.2) is 11.6 Å². The molecule has 5 nitrogen and oxygen atoms in total. The van der Waals surface area contributed by atoms with E-state index in [1.165, 1.54) is 12.7 Å². The molecule has 6 aliphatic rings. The van der Waals surface area contributed by atoms with Gasteiger partial charge in [-0.1, -0.05) is 19.4 Å². The van der Waals surface area contributed by atoms with E-state index in [2.05, 4.69) is 13.8 Å². The molecule has 0 bridgehead atoms. The Bertz CT molecular complexity index is 890. The number of hydrogen-bond acceptors (Lipinski definition) is 5. The number of ether oxygens (including phenoxy) is 2. The van der Waals surface area contributed by atoms with E-state index >= 15 is 0 Å². The van der Waals surface area contributed by atoms with Gasteiger partial charge in [0.05, 0.1) is 13.0 Å². The first-order valence-electron chi connectivity index (χ1n) is 11.8. The summed E-state index contributed by atoms with van der Waals surface area (Å²) in [4.78, 5) is 37.5. The van der Waals surface area contributed by atoms with Gasteiger partial charge >= 0.3 is 11.9 Å². The largest absolute Gasteiger partial charge is 0.469 e. The van der Waals surface area contributed by atoms with Crippen molar-refractivity contribution < 1.29 is 23.9 Å². The number of carbonyl (C=O) groups is 3. The van der Waals surface area contributed by atoms with E-state index in [4.69, 9.17) is 9.47 Å². The molecule has 0 radical (unpaired) electrons. The van der Waals surface area contributed by atoms with Crippen LogP contribution < -0.4 is 0 Å². The van der Waals surface area contributed by atoms with E-state index in [-0.39, 0.29) is 46.0 Å². The van der Waals surface area contributed by atoms with Gasteiger partial charge in [0.15, 0.2) is 5.78 Å². The van der Waals surface area contributed by atoms with Crippen LogP contribution in [0.2, 0.25) is 0 Å². The van der Waals surface area contributed by atoms with Crippen LogP contribution in [0.1, 0.15) is 65.2 Å². The van der Waals surface area contributed by atoms with Crippen molar-refractivity contribution in [3.05, 3.63) is 11.6 Å². The van der Waals surface area contributed by atoms with Gasteiger partial charge in [-0.25, -0.2) is 0 Å². The molecule has 1 aliphatic heterocycles. The maximum absolute atomic E-state index is 13.0. The fraction of sp³-hybridized carbons (Fsp3) is 0.800. The quantitative estimate of drug-likeness (QED) is 0.612. The van der Waals surface area contributed by atoms with Gasteiger partial charge < -0.3 is 9.47 Å². The summed E-state index contributed by atoms with van der Waals surface area (Å²) in [5.41, 5.74) is 0.801. The Morgan fingerprint density at radius 2 is 1.93 bits per heavy atom. The molecule has 1 heterocycles. The van der Waals surface area contributed by atoms with Crippen LogP contribution in [-0.4, -0.2) is 30.4 Å². The molecule has 0 amide bonds. The molecule has 1 spiro atoms. The molecule has 5 fully saturated rings. The molecule has 5 heteroatoms. The first kappa shape index (κ1) is 19.1. The van der Waals surface area contributed by atoms with Crippen molar-refractivity contribution in [2.75, 3.05) is 7.11 Å². The van der Waals surface area contributed by atoms with Gasteiger partial charge in [-0.15, -0.1) is 0 Å². The van der Waals surface area contributed by atoms with E-state index in [1.807, 2.05) is 6.08 Å². The van der Waals surface area contributed by atoms with Crippen LogP contribution in [0.5, 0.6) is 0 Å². The summed E-state index contributed by atoms with van der Waals surface area (Å²) in [6, 6.07) is 0. The maximum Gasteiger partial charge on any atom is 0.309 e. The molecule has 0 aromatic rings. The minimum absolute atomic E-state index is 0.00305. The van der Waals surface area contributed by atoms with Gasteiger partial charge in [-0.3, -0.25) is 14.4 Å². The fourth-order valence-electron chi connectivity index (χ4n) is 9.30. The van der Waals surface area contributed by atoms with Crippen LogP contribution >= 0.6 is 0 Å². The highest BCUT2D eigenvalue weighted by atomic mass is 16.6. The summed E-state index contributed by atoms with van der Waals surface area (Å²) in [5, 5.41) is 0. The second-order valence-electron chi connectivity index (χ2n) is 11.4. The van der Waals surface area contributed by atoms with Gasteiger partial charge in [0, 0.05) is 24.2 Å². The average molecular weight is 413 g/mol. The van der Waals surface area contributed by atoms with Crippen LogP contribution in [0.25, 0.3) is 0 Å². The Balaban J connectivity index is 1.46. The third-order valence-electron chi connectivity index (χ3n) is 10.6. The first-order chi connectivity index (χ1) is 14.2. The van der Waals surface area contributed by atoms with E-state index in [0.29, 0.717) is 42.9 Å². The van der Waals surface area contributed by atoms with Crippen molar-refractivity contribution in [1.82, 2.24) is 0 Å². The summed E-state index contributed by atoms with van der Waals surface area (Å²) < 4.78 is 11.5. The number of fused-ring (bicyclic) bond motifs is 9. The molecule has 5 aliphatic carbocycles. The average Bonchev–Trinajstić information content (AvgIpc) is 3.36. The Morgan fingerprint density at radius 3 is 2.63 bits per heavy atom. The lowest BCUT2D eigenvalue weighted by Gasteiger charge is -2.61. The van der Waals surface area contributed by atoms with Gasteiger partial charge in [-0.2, -0.15) is 0 Å². The van der Waals surface area contributed by atoms with E-state index in [9.17, 15) is 14.4 Å². The molecule has 0 N–H and O–H groups in total. The number of esters is 2. The first-order valence-corrected chi connectivity index (χ1v) is 11.8. The van der Waals surface area contributed by atoms with Gasteiger partial charge in [0.2, 0.25) is 0 Å². The second kappa shape index (κ2) is 5.77. The summed E-state index contributed by atoms with van der Waals surface area (Å²) >= 11 is 0. The zero-order valence-electron chi connectivity index (χ0n) is 18.2. The van der Waals surface area contributed by atoms with Gasteiger partial charge in [0.1, 0.15) is 5.60 Å². The Hall–Kier alpha value is -1.65. The minimum atomic E-state index is -0.315. The predicted molar refractivity (Wildman–Crippen MR) is 108 cm³/mol. The lowest BCUT2D eigenvalue weighted by molar-refractivity contribution is -0.185. The van der Waals surface area contributed by atoms with E-state index in [0.717, 1.165) is 32.1 Å². The highest BCUT2D eigenvalue weighted by molar-refractivity contribution is 5.92. The summed E-state index contributed by atoms with van der Waals surface area (Å²) in [6.45, 7) is 4.69. The van der Waals surface area contributed by atoms with Crippen molar-refractivity contribution >= 4 is 17.7 Å². The summed E-state index contributed by atoms with van der Waals surface area (Å²) in [5.74, 6) is 1.90. The zero-order chi connectivity index (χ0) is 21.1. The molecular formula is C25H32O5. The maximum atomic E-state index is 13.0. The molecule has 6 unspecified atom stereocenters. The molecule has 0 aromatic heterocycles. The van der Waals surface area contributed by atoms with Crippen LogP contribution in [0, 0.1) is 46.3 Å². The minimum Gasteiger partial charge on any atom is -0.469 e. The third-order valence-corrected chi connectivity index (χ3v) is 10.6. The van der Waals surface area contributed by atoms with Gasteiger partial charge in [0.25, 0.3) is 0 Å². The number of methoxy groups -OCH3 is 1. The highest BCUT2D eigenvalue weighted by Crippen LogP contribution is 2.79. The van der Waals surface area contributed by atoms with E-state index in [1.54, 1.807) is 0 Å². The smallest absolute Gasteiger partial charge is 0.309 e. The second-order valence-corrected chi connectivity index (χ2v) is 11.4. The standard InChI is InChI=1S/C25H32O5/c1-23-7-4-14(26)10-13(23)11-16(22(28)29-3)20-17(23)5-8-24(2)21(20)15-12-18(15)25(24)9-6-19(27)30-25/h10,15-18,20-21H,4-9,11-12H2,1-3H3/t15?,16?,17?,18?,20?,21?,23-,24-,25-/m0/s1. The molecule has 162 valence electrons. The number of hydrogen-bond donors (Lipinski definition) is 0. The topological polar surface area (TPSA) is 69.7 Å². The van der Waals surface area contributed by atoms with Crippen molar-refractivity contribution in [3.8, 4) is 0 Å². The monoisotopic (exact) mass is 412 g/mol. The molecule has 30 heavy (non-hydrogen) atoms. The van der Waals surface area contributed by atoms with Crippen molar-refractivity contribution in [2.45, 2.75) is 70.8 Å². The van der Waals surface area contributed by atoms with Crippen LogP contribution in [-0.2, 0) is 23.9 Å². The van der Waals surface area contributed by atoms with Crippen LogP contribution in [0.3, 0.4) is 0 Å². The number of ketones is 1. The molecule has 9 atom stereocenters. The lowest BCUT2D eigenvalue weighted by atomic mass is 9.43. The van der Waals surface area contributed by atoms with Crippen molar-refractivity contribution in [3.63, 3.8) is 0 Å². The zero-order valence-corrected chi connectivity index (χ0v) is 18.2. The predicted octanol–water partition coefficient (Wildman–Crippen LogP) is 3.85. The van der Waals surface area contributed by atoms with E-state index < -0.39 is 0 Å². The van der Waals surface area contributed by atoms with Crippen LogP contribution in [0.4, 0.5) is 0 Å².